The van der Waals surface area contributed by atoms with Crippen LogP contribution in [-0.4, -0.2) is 28.0 Å². The molecule has 0 aliphatic rings. The molecule has 0 saturated carbocycles. The Morgan fingerprint density at radius 2 is 1.50 bits per heavy atom. The van der Waals surface area contributed by atoms with Crippen LogP contribution in [0.5, 0.6) is 0 Å². The lowest BCUT2D eigenvalue weighted by molar-refractivity contribution is 0.261. The summed E-state index contributed by atoms with van der Waals surface area (Å²) in [5, 5.41) is 7.40. The first-order valence-electron chi connectivity index (χ1n) is 11.9. The van der Waals surface area contributed by atoms with Crippen LogP contribution in [0.4, 0.5) is 0 Å². The molecule has 3 aromatic rings. The molecule has 0 aliphatic carbocycles. The summed E-state index contributed by atoms with van der Waals surface area (Å²) in [6.07, 6.45) is 0.891. The molecule has 0 heterocycles. The van der Waals surface area contributed by atoms with Crippen molar-refractivity contribution in [2.24, 2.45) is 11.7 Å². The molecule has 0 spiro atoms. The van der Waals surface area contributed by atoms with Crippen molar-refractivity contribution in [3.8, 4) is 0 Å². The number of nitrogens with two attached hydrogens (primary N) is 1. The van der Waals surface area contributed by atoms with Crippen LogP contribution in [0.3, 0.4) is 0 Å². The zero-order valence-corrected chi connectivity index (χ0v) is 22.9. The summed E-state index contributed by atoms with van der Waals surface area (Å²) in [7, 11) is -2.52. The van der Waals surface area contributed by atoms with E-state index in [-0.39, 0.29) is 5.04 Å². The maximum absolute atomic E-state index is 7.02. The molecule has 3 N–H and O–H groups in total. The molecule has 0 amide bonds. The van der Waals surface area contributed by atoms with E-state index >= 15 is 0 Å². The minimum Gasteiger partial charge on any atom is -0.407 e. The van der Waals surface area contributed by atoms with Gasteiger partial charge < -0.3 is 15.5 Å². The lowest BCUT2D eigenvalue weighted by atomic mass is 10.1. The molecule has 1 unspecified atom stereocenters. The minimum absolute atomic E-state index is 0.0303. The maximum Gasteiger partial charge on any atom is 0.261 e. The Hall–Kier alpha value is -1.66. The van der Waals surface area contributed by atoms with E-state index in [2.05, 4.69) is 86.8 Å². The Kier molecular flexibility index (Phi) is 9.78. The predicted octanol–water partition coefficient (Wildman–Crippen LogP) is 5.62. The molecule has 3 nitrogen and oxygen atoms in total. The van der Waals surface area contributed by atoms with Crippen LogP contribution in [0.25, 0.3) is 0 Å². The molecule has 0 radical (unpaired) electrons. The fraction of sp³-hybridized carbons (Fsp3) is 0.357. The second-order valence-corrected chi connectivity index (χ2v) is 14.9. The number of benzene rings is 3. The first kappa shape index (κ1) is 26.9. The van der Waals surface area contributed by atoms with Crippen LogP contribution >= 0.6 is 23.2 Å². The van der Waals surface area contributed by atoms with Gasteiger partial charge in [-0.3, -0.25) is 0 Å². The van der Waals surface area contributed by atoms with Gasteiger partial charge in [0.1, 0.15) is 0 Å². The maximum atomic E-state index is 7.02. The van der Waals surface area contributed by atoms with Gasteiger partial charge in [-0.15, -0.1) is 0 Å². The van der Waals surface area contributed by atoms with Crippen molar-refractivity contribution in [1.29, 1.82) is 0 Å². The van der Waals surface area contributed by atoms with E-state index in [1.807, 2.05) is 12.1 Å². The van der Waals surface area contributed by atoms with Crippen LogP contribution in [-0.2, 0) is 11.0 Å². The fourth-order valence-electron chi connectivity index (χ4n) is 4.52. The Balaban J connectivity index is 1.71. The topological polar surface area (TPSA) is 47.3 Å². The molecule has 34 heavy (non-hydrogen) atoms. The monoisotopic (exact) mass is 514 g/mol. The van der Waals surface area contributed by atoms with Gasteiger partial charge in [-0.2, -0.15) is 0 Å². The molecule has 3 rings (SSSR count). The molecule has 1 atom stereocenters. The third kappa shape index (κ3) is 6.51. The van der Waals surface area contributed by atoms with E-state index in [0.717, 1.165) is 18.5 Å². The molecular formula is C28H36Cl2N2OSi. The Bertz CT molecular complexity index is 986. The largest absolute Gasteiger partial charge is 0.407 e. The molecular weight excluding hydrogens is 479 g/mol. The molecule has 6 heteroatoms. The van der Waals surface area contributed by atoms with Crippen molar-refractivity contribution in [2.45, 2.75) is 38.8 Å². The predicted molar refractivity (Wildman–Crippen MR) is 149 cm³/mol. The fourth-order valence-corrected chi connectivity index (χ4v) is 9.57. The molecule has 0 bridgehead atoms. The van der Waals surface area contributed by atoms with Gasteiger partial charge in [0.2, 0.25) is 0 Å². The summed E-state index contributed by atoms with van der Waals surface area (Å²) in [6.45, 7) is 9.66. The summed E-state index contributed by atoms with van der Waals surface area (Å²) >= 11 is 12.3. The normalized spacial score (nSPS) is 13.1. The molecule has 0 fully saturated rings. The van der Waals surface area contributed by atoms with Crippen molar-refractivity contribution >= 4 is 41.9 Å². The van der Waals surface area contributed by atoms with E-state index in [4.69, 9.17) is 33.4 Å². The van der Waals surface area contributed by atoms with E-state index < -0.39 is 8.32 Å². The van der Waals surface area contributed by atoms with Gasteiger partial charge in [0.25, 0.3) is 8.32 Å². The van der Waals surface area contributed by atoms with Gasteiger partial charge in [0.15, 0.2) is 0 Å². The highest BCUT2D eigenvalue weighted by Gasteiger charge is 2.50. The lowest BCUT2D eigenvalue weighted by Gasteiger charge is -2.43. The first-order chi connectivity index (χ1) is 16.3. The van der Waals surface area contributed by atoms with E-state index in [1.54, 1.807) is 6.07 Å². The standard InChI is InChI=1S/C28H36Cl2N2OSi/c1-28(2,3)34(25-10-6-4-7-11-25,26-12-8-5-9-13-26)33-17-16-22(19-31)20-32-21-23-14-15-24(29)18-27(23)30/h4-15,18,22,32H,16-17,19-21,31H2,1-3H3. The molecule has 0 aromatic heterocycles. The summed E-state index contributed by atoms with van der Waals surface area (Å²) in [4.78, 5) is 0. The van der Waals surface area contributed by atoms with Crippen LogP contribution in [0.1, 0.15) is 32.8 Å². The third-order valence-corrected chi connectivity index (χ3v) is 12.0. The molecule has 0 aliphatic heterocycles. The first-order valence-corrected chi connectivity index (χ1v) is 14.5. The summed E-state index contributed by atoms with van der Waals surface area (Å²) in [5.74, 6) is 0.310. The second-order valence-electron chi connectivity index (χ2n) is 9.77. The van der Waals surface area contributed by atoms with E-state index in [0.29, 0.717) is 35.7 Å². The highest BCUT2D eigenvalue weighted by Crippen LogP contribution is 2.36. The number of rotatable bonds is 11. The average molecular weight is 516 g/mol. The summed E-state index contributed by atoms with van der Waals surface area (Å²) < 4.78 is 7.02. The zero-order valence-electron chi connectivity index (χ0n) is 20.4. The summed E-state index contributed by atoms with van der Waals surface area (Å²) in [5.41, 5.74) is 7.16. The highest BCUT2D eigenvalue weighted by atomic mass is 35.5. The minimum atomic E-state index is -2.52. The van der Waals surface area contributed by atoms with Crippen LogP contribution in [0, 0.1) is 5.92 Å². The van der Waals surface area contributed by atoms with Crippen molar-refractivity contribution in [3.05, 3.63) is 94.5 Å². The Morgan fingerprint density at radius 3 is 2.00 bits per heavy atom. The quantitative estimate of drug-likeness (QED) is 0.326. The van der Waals surface area contributed by atoms with Crippen LogP contribution in [0.15, 0.2) is 78.9 Å². The Morgan fingerprint density at radius 1 is 0.912 bits per heavy atom. The SMILES string of the molecule is CC(C)(C)[Si](OCCC(CN)CNCc1ccc(Cl)cc1Cl)(c1ccccc1)c1ccccc1. The van der Waals surface area contributed by atoms with Gasteiger partial charge in [-0.25, -0.2) is 0 Å². The van der Waals surface area contributed by atoms with E-state index in [1.165, 1.54) is 10.4 Å². The van der Waals surface area contributed by atoms with Crippen LogP contribution in [0.2, 0.25) is 15.1 Å². The van der Waals surface area contributed by atoms with Crippen molar-refractivity contribution in [2.75, 3.05) is 19.7 Å². The number of hydrogen-bond donors (Lipinski definition) is 2. The number of nitrogens with one attached hydrogen (secondary N) is 1. The number of hydrogen-bond acceptors (Lipinski definition) is 3. The third-order valence-electron chi connectivity index (χ3n) is 6.36. The van der Waals surface area contributed by atoms with Crippen molar-refractivity contribution in [3.63, 3.8) is 0 Å². The van der Waals surface area contributed by atoms with Crippen molar-refractivity contribution in [1.82, 2.24) is 5.32 Å². The zero-order chi connectivity index (χ0) is 24.6. The molecule has 182 valence electrons. The highest BCUT2D eigenvalue weighted by molar-refractivity contribution is 6.99. The van der Waals surface area contributed by atoms with Gasteiger partial charge in [0.05, 0.1) is 0 Å². The summed E-state index contributed by atoms with van der Waals surface area (Å²) in [6, 6.07) is 27.1. The second kappa shape index (κ2) is 12.3. The van der Waals surface area contributed by atoms with E-state index in [9.17, 15) is 0 Å². The van der Waals surface area contributed by atoms with Gasteiger partial charge in [-0.1, -0.05) is 111 Å². The smallest absolute Gasteiger partial charge is 0.261 e. The molecule has 0 saturated heterocycles. The van der Waals surface area contributed by atoms with Crippen LogP contribution < -0.4 is 21.4 Å². The Labute approximate surface area is 215 Å². The van der Waals surface area contributed by atoms with Crippen molar-refractivity contribution < 1.29 is 4.43 Å². The van der Waals surface area contributed by atoms with Gasteiger partial charge in [0, 0.05) is 23.2 Å². The number of halogens is 2. The van der Waals surface area contributed by atoms with Gasteiger partial charge >= 0.3 is 0 Å². The van der Waals surface area contributed by atoms with Gasteiger partial charge in [-0.05, 0) is 58.5 Å². The molecule has 3 aromatic carbocycles. The average Bonchev–Trinajstić information content (AvgIpc) is 2.82. The lowest BCUT2D eigenvalue weighted by Crippen LogP contribution is -2.66.